The van der Waals surface area contributed by atoms with Crippen LogP contribution in [0.5, 0.6) is 11.5 Å². The Hall–Kier alpha value is -2.45. The fourth-order valence-electron chi connectivity index (χ4n) is 1.80. The Kier molecular flexibility index (Phi) is 3.97. The molecule has 3 nitrogen and oxygen atoms in total. The Labute approximate surface area is 115 Å². The standard InChI is InChI=1S/C15H12F2N2O/c1-9(19)10-4-2-6-13(17)15(10)20-14-7-3-5-12(16)11(14)8-18/h2-7,9H,19H2,1H3. The number of nitrogens with two attached hydrogens (primary N) is 1. The summed E-state index contributed by atoms with van der Waals surface area (Å²) in [4.78, 5) is 0. The van der Waals surface area contributed by atoms with Crippen LogP contribution in [0.2, 0.25) is 0 Å². The van der Waals surface area contributed by atoms with E-state index in [1.807, 2.05) is 0 Å². The van der Waals surface area contributed by atoms with Crippen LogP contribution in [-0.4, -0.2) is 0 Å². The molecular formula is C15H12F2N2O. The lowest BCUT2D eigenvalue weighted by Gasteiger charge is -2.15. The van der Waals surface area contributed by atoms with Crippen LogP contribution in [0.15, 0.2) is 36.4 Å². The third-order valence-electron chi connectivity index (χ3n) is 2.79. The van der Waals surface area contributed by atoms with Gasteiger partial charge in [0, 0.05) is 11.6 Å². The van der Waals surface area contributed by atoms with Crippen molar-refractivity contribution in [1.82, 2.24) is 0 Å². The van der Waals surface area contributed by atoms with Gasteiger partial charge in [0.05, 0.1) is 0 Å². The summed E-state index contributed by atoms with van der Waals surface area (Å²) >= 11 is 0. The molecule has 0 heterocycles. The lowest BCUT2D eigenvalue weighted by molar-refractivity contribution is 0.428. The molecule has 0 radical (unpaired) electrons. The number of rotatable bonds is 3. The Bertz CT molecular complexity index is 678. The van der Waals surface area contributed by atoms with Crippen LogP contribution in [0.4, 0.5) is 8.78 Å². The van der Waals surface area contributed by atoms with Crippen LogP contribution in [0.1, 0.15) is 24.1 Å². The number of para-hydroxylation sites is 1. The molecule has 102 valence electrons. The molecule has 0 saturated carbocycles. The molecule has 0 aliphatic rings. The van der Waals surface area contributed by atoms with Crippen LogP contribution in [0.25, 0.3) is 0 Å². The molecule has 2 N–H and O–H groups in total. The minimum Gasteiger partial charge on any atom is -0.452 e. The molecule has 20 heavy (non-hydrogen) atoms. The number of ether oxygens (including phenoxy) is 1. The predicted molar refractivity (Wildman–Crippen MR) is 70.2 cm³/mol. The molecule has 0 aromatic heterocycles. The molecule has 0 fully saturated rings. The van der Waals surface area contributed by atoms with Crippen molar-refractivity contribution in [3.05, 3.63) is 59.2 Å². The monoisotopic (exact) mass is 274 g/mol. The maximum Gasteiger partial charge on any atom is 0.167 e. The highest BCUT2D eigenvalue weighted by Gasteiger charge is 2.17. The Morgan fingerprint density at radius 2 is 1.80 bits per heavy atom. The molecule has 0 aliphatic heterocycles. The van der Waals surface area contributed by atoms with E-state index >= 15 is 0 Å². The zero-order valence-corrected chi connectivity index (χ0v) is 10.7. The van der Waals surface area contributed by atoms with E-state index in [-0.39, 0.29) is 17.1 Å². The second-order valence-corrected chi connectivity index (χ2v) is 4.27. The molecule has 0 spiro atoms. The van der Waals surface area contributed by atoms with Crippen LogP contribution in [0.3, 0.4) is 0 Å². The smallest absolute Gasteiger partial charge is 0.167 e. The van der Waals surface area contributed by atoms with Crippen LogP contribution < -0.4 is 10.5 Å². The molecule has 2 aromatic carbocycles. The first kappa shape index (κ1) is 14.0. The largest absolute Gasteiger partial charge is 0.452 e. The first-order valence-electron chi connectivity index (χ1n) is 5.95. The number of halogens is 2. The first-order valence-corrected chi connectivity index (χ1v) is 5.95. The summed E-state index contributed by atoms with van der Waals surface area (Å²) in [5, 5.41) is 8.94. The minimum atomic E-state index is -0.719. The number of hydrogen-bond donors (Lipinski definition) is 1. The summed E-state index contributed by atoms with van der Waals surface area (Å²) in [7, 11) is 0. The summed E-state index contributed by atoms with van der Waals surface area (Å²) < 4.78 is 32.8. The van der Waals surface area contributed by atoms with E-state index in [9.17, 15) is 8.78 Å². The van der Waals surface area contributed by atoms with Crippen molar-refractivity contribution in [1.29, 1.82) is 5.26 Å². The topological polar surface area (TPSA) is 59.0 Å². The lowest BCUT2D eigenvalue weighted by atomic mass is 10.1. The van der Waals surface area contributed by atoms with Gasteiger partial charge in [-0.3, -0.25) is 0 Å². The zero-order chi connectivity index (χ0) is 14.7. The fraction of sp³-hybridized carbons (Fsp3) is 0.133. The van der Waals surface area contributed by atoms with Crippen molar-refractivity contribution in [3.8, 4) is 17.6 Å². The lowest BCUT2D eigenvalue weighted by Crippen LogP contribution is -2.08. The van der Waals surface area contributed by atoms with Crippen molar-refractivity contribution in [2.45, 2.75) is 13.0 Å². The van der Waals surface area contributed by atoms with Gasteiger partial charge in [-0.2, -0.15) is 5.26 Å². The Morgan fingerprint density at radius 3 is 2.45 bits per heavy atom. The Balaban J connectivity index is 2.51. The first-order chi connectivity index (χ1) is 9.54. The highest BCUT2D eigenvalue weighted by Crippen LogP contribution is 2.33. The number of nitrogens with zero attached hydrogens (tertiary/aromatic N) is 1. The fourth-order valence-corrected chi connectivity index (χ4v) is 1.80. The summed E-state index contributed by atoms with van der Waals surface area (Å²) in [5.41, 5.74) is 5.92. The highest BCUT2D eigenvalue weighted by molar-refractivity contribution is 5.48. The third-order valence-corrected chi connectivity index (χ3v) is 2.79. The van der Waals surface area contributed by atoms with Crippen molar-refractivity contribution in [2.24, 2.45) is 5.73 Å². The van der Waals surface area contributed by atoms with Crippen molar-refractivity contribution >= 4 is 0 Å². The van der Waals surface area contributed by atoms with Gasteiger partial charge >= 0.3 is 0 Å². The highest BCUT2D eigenvalue weighted by atomic mass is 19.1. The average Bonchev–Trinajstić information content (AvgIpc) is 2.41. The van der Waals surface area contributed by atoms with Gasteiger partial charge in [0.15, 0.2) is 11.6 Å². The van der Waals surface area contributed by atoms with Gasteiger partial charge in [-0.05, 0) is 25.1 Å². The third kappa shape index (κ3) is 2.60. The molecule has 0 saturated heterocycles. The molecule has 1 atom stereocenters. The predicted octanol–water partition coefficient (Wildman–Crippen LogP) is 3.65. The van der Waals surface area contributed by atoms with E-state index in [1.54, 1.807) is 19.1 Å². The molecule has 0 aliphatic carbocycles. The van der Waals surface area contributed by atoms with E-state index in [4.69, 9.17) is 15.7 Å². The summed E-state index contributed by atoms with van der Waals surface area (Å²) in [6, 6.07) is 9.51. The zero-order valence-electron chi connectivity index (χ0n) is 10.7. The Morgan fingerprint density at radius 1 is 1.15 bits per heavy atom. The van der Waals surface area contributed by atoms with E-state index in [0.29, 0.717) is 5.56 Å². The van der Waals surface area contributed by atoms with Crippen molar-refractivity contribution in [2.75, 3.05) is 0 Å². The summed E-state index contributed by atoms with van der Waals surface area (Å²) in [5.74, 6) is -1.47. The van der Waals surface area contributed by atoms with E-state index < -0.39 is 17.7 Å². The number of nitriles is 1. The molecule has 1 unspecified atom stereocenters. The van der Waals surface area contributed by atoms with E-state index in [1.165, 1.54) is 24.3 Å². The SMILES string of the molecule is CC(N)c1cccc(F)c1Oc1cccc(F)c1C#N. The molecule has 2 rings (SSSR count). The van der Waals surface area contributed by atoms with E-state index in [2.05, 4.69) is 0 Å². The van der Waals surface area contributed by atoms with Gasteiger partial charge in [0.1, 0.15) is 23.2 Å². The average molecular weight is 274 g/mol. The quantitative estimate of drug-likeness (QED) is 0.929. The maximum absolute atomic E-state index is 13.9. The van der Waals surface area contributed by atoms with Gasteiger partial charge in [0.25, 0.3) is 0 Å². The normalized spacial score (nSPS) is 11.8. The van der Waals surface area contributed by atoms with Crippen molar-refractivity contribution in [3.63, 3.8) is 0 Å². The maximum atomic E-state index is 13.9. The summed E-state index contributed by atoms with van der Waals surface area (Å²) in [6.45, 7) is 1.68. The molecular weight excluding hydrogens is 262 g/mol. The molecule has 0 amide bonds. The number of hydrogen-bond acceptors (Lipinski definition) is 3. The van der Waals surface area contributed by atoms with Crippen LogP contribution in [0, 0.1) is 23.0 Å². The van der Waals surface area contributed by atoms with Gasteiger partial charge < -0.3 is 10.5 Å². The van der Waals surface area contributed by atoms with Gasteiger partial charge in [-0.15, -0.1) is 0 Å². The second kappa shape index (κ2) is 5.68. The van der Waals surface area contributed by atoms with Gasteiger partial charge in [-0.1, -0.05) is 18.2 Å². The van der Waals surface area contributed by atoms with Crippen LogP contribution in [-0.2, 0) is 0 Å². The minimum absolute atomic E-state index is 0.0421. The molecule has 2 aromatic rings. The molecule has 5 heteroatoms. The van der Waals surface area contributed by atoms with Gasteiger partial charge in [0.2, 0.25) is 0 Å². The van der Waals surface area contributed by atoms with Crippen molar-refractivity contribution < 1.29 is 13.5 Å². The second-order valence-electron chi connectivity index (χ2n) is 4.27. The summed E-state index contributed by atoms with van der Waals surface area (Å²) in [6.07, 6.45) is 0. The van der Waals surface area contributed by atoms with Gasteiger partial charge in [-0.25, -0.2) is 8.78 Å². The molecule has 0 bridgehead atoms. The van der Waals surface area contributed by atoms with E-state index in [0.717, 1.165) is 6.07 Å². The van der Waals surface area contributed by atoms with Crippen LogP contribution >= 0.6 is 0 Å². The number of benzene rings is 2.